The third-order valence-electron chi connectivity index (χ3n) is 1.79. The van der Waals surface area contributed by atoms with E-state index in [4.69, 9.17) is 5.73 Å². The van der Waals surface area contributed by atoms with Crippen LogP contribution in [-0.2, 0) is 6.42 Å². The van der Waals surface area contributed by atoms with Crippen LogP contribution < -0.4 is 5.73 Å². The molecule has 0 unspecified atom stereocenters. The summed E-state index contributed by atoms with van der Waals surface area (Å²) in [6.07, 6.45) is 4.02. The molecule has 14 heavy (non-hydrogen) atoms. The lowest BCUT2D eigenvalue weighted by molar-refractivity contribution is 0.940. The fourth-order valence-corrected chi connectivity index (χ4v) is 1.16. The van der Waals surface area contributed by atoms with E-state index in [1.807, 2.05) is 18.2 Å². The number of nitrogen functional groups attached to an aromatic ring is 1. The number of pyridine rings is 1. The molecule has 0 saturated carbocycles. The summed E-state index contributed by atoms with van der Waals surface area (Å²) < 4.78 is 0. The summed E-state index contributed by atoms with van der Waals surface area (Å²) in [4.78, 5) is 12.4. The molecule has 2 N–H and O–H groups in total. The molecule has 4 heteroatoms. The van der Waals surface area contributed by atoms with Crippen LogP contribution in [0.5, 0.6) is 0 Å². The second-order valence-corrected chi connectivity index (χ2v) is 2.90. The fourth-order valence-electron chi connectivity index (χ4n) is 1.16. The first kappa shape index (κ1) is 8.62. The summed E-state index contributed by atoms with van der Waals surface area (Å²) in [5.41, 5.74) is 6.48. The molecule has 0 saturated heterocycles. The maximum atomic E-state index is 5.54. The Labute approximate surface area is 81.9 Å². The quantitative estimate of drug-likeness (QED) is 0.761. The van der Waals surface area contributed by atoms with E-state index in [2.05, 4.69) is 15.0 Å². The van der Waals surface area contributed by atoms with Gasteiger partial charge in [0.1, 0.15) is 11.6 Å². The Bertz CT molecular complexity index is 413. The maximum absolute atomic E-state index is 5.54. The summed E-state index contributed by atoms with van der Waals surface area (Å²) in [5, 5.41) is 0. The van der Waals surface area contributed by atoms with Crippen molar-refractivity contribution in [3.05, 3.63) is 48.2 Å². The number of anilines is 1. The number of hydrogen-bond acceptors (Lipinski definition) is 4. The van der Waals surface area contributed by atoms with E-state index in [1.54, 1.807) is 18.5 Å². The zero-order valence-electron chi connectivity index (χ0n) is 7.59. The standard InChI is InChI=1S/C10H10N4/c11-9-4-6-13-10(14-9)7-8-3-1-2-5-12-8/h1-6H,7H2,(H2,11,13,14). The summed E-state index contributed by atoms with van der Waals surface area (Å²) in [7, 11) is 0. The van der Waals surface area contributed by atoms with Crippen molar-refractivity contribution < 1.29 is 0 Å². The van der Waals surface area contributed by atoms with Crippen molar-refractivity contribution in [2.75, 3.05) is 5.73 Å². The molecule has 0 amide bonds. The molecule has 4 nitrogen and oxygen atoms in total. The van der Waals surface area contributed by atoms with Gasteiger partial charge in [-0.2, -0.15) is 0 Å². The van der Waals surface area contributed by atoms with Crippen LogP contribution in [0.4, 0.5) is 5.82 Å². The minimum Gasteiger partial charge on any atom is -0.384 e. The molecule has 0 aromatic carbocycles. The van der Waals surface area contributed by atoms with Crippen molar-refractivity contribution in [2.24, 2.45) is 0 Å². The molecule has 2 aromatic heterocycles. The molecule has 70 valence electrons. The van der Waals surface area contributed by atoms with Crippen molar-refractivity contribution in [3.63, 3.8) is 0 Å². The Hall–Kier alpha value is -1.97. The van der Waals surface area contributed by atoms with Gasteiger partial charge in [0.2, 0.25) is 0 Å². The largest absolute Gasteiger partial charge is 0.384 e. The van der Waals surface area contributed by atoms with Crippen molar-refractivity contribution in [1.82, 2.24) is 15.0 Å². The van der Waals surface area contributed by atoms with Crippen LogP contribution in [0.3, 0.4) is 0 Å². The molecule has 0 aliphatic heterocycles. The van der Waals surface area contributed by atoms with Crippen LogP contribution in [0, 0.1) is 0 Å². The van der Waals surface area contributed by atoms with Crippen molar-refractivity contribution in [3.8, 4) is 0 Å². The van der Waals surface area contributed by atoms with Crippen molar-refractivity contribution >= 4 is 5.82 Å². The molecule has 0 atom stereocenters. The smallest absolute Gasteiger partial charge is 0.136 e. The summed E-state index contributed by atoms with van der Waals surface area (Å²) in [6.45, 7) is 0. The van der Waals surface area contributed by atoms with Gasteiger partial charge in [-0.15, -0.1) is 0 Å². The SMILES string of the molecule is Nc1ccnc(Cc2ccccn2)n1. The number of nitrogens with two attached hydrogens (primary N) is 1. The molecule has 0 bridgehead atoms. The first-order valence-corrected chi connectivity index (χ1v) is 4.32. The fraction of sp³-hybridized carbons (Fsp3) is 0.100. The van der Waals surface area contributed by atoms with Gasteiger partial charge in [-0.3, -0.25) is 4.98 Å². The predicted molar refractivity (Wildman–Crippen MR) is 53.5 cm³/mol. The Kier molecular flexibility index (Phi) is 2.36. The summed E-state index contributed by atoms with van der Waals surface area (Å²) in [5.74, 6) is 1.19. The minimum atomic E-state index is 0.492. The summed E-state index contributed by atoms with van der Waals surface area (Å²) >= 11 is 0. The molecule has 2 heterocycles. The van der Waals surface area contributed by atoms with E-state index < -0.39 is 0 Å². The number of nitrogens with zero attached hydrogens (tertiary/aromatic N) is 3. The molecular formula is C10H10N4. The van der Waals surface area contributed by atoms with E-state index >= 15 is 0 Å². The highest BCUT2D eigenvalue weighted by Crippen LogP contribution is 2.02. The van der Waals surface area contributed by atoms with E-state index in [0.717, 1.165) is 5.69 Å². The Morgan fingerprint density at radius 2 is 2.00 bits per heavy atom. The second-order valence-electron chi connectivity index (χ2n) is 2.90. The molecule has 2 aromatic rings. The molecule has 0 spiro atoms. The highest BCUT2D eigenvalue weighted by molar-refractivity contribution is 5.26. The van der Waals surface area contributed by atoms with Gasteiger partial charge < -0.3 is 5.73 Å². The highest BCUT2D eigenvalue weighted by Gasteiger charge is 1.99. The van der Waals surface area contributed by atoms with Crippen LogP contribution in [0.15, 0.2) is 36.7 Å². The minimum absolute atomic E-state index is 0.492. The van der Waals surface area contributed by atoms with Crippen LogP contribution in [0.2, 0.25) is 0 Å². The molecule has 0 aliphatic rings. The molecule has 2 rings (SSSR count). The van der Waals surface area contributed by atoms with Crippen LogP contribution in [0.1, 0.15) is 11.5 Å². The average Bonchev–Trinajstić information content (AvgIpc) is 2.19. The lowest BCUT2D eigenvalue weighted by atomic mass is 10.2. The van der Waals surface area contributed by atoms with Gasteiger partial charge in [-0.05, 0) is 18.2 Å². The number of rotatable bonds is 2. The van der Waals surface area contributed by atoms with Gasteiger partial charge in [0.25, 0.3) is 0 Å². The van der Waals surface area contributed by atoms with E-state index in [1.165, 1.54) is 0 Å². The Balaban J connectivity index is 2.19. The van der Waals surface area contributed by atoms with Crippen LogP contribution in [0.25, 0.3) is 0 Å². The van der Waals surface area contributed by atoms with Gasteiger partial charge in [0.15, 0.2) is 0 Å². The first-order valence-electron chi connectivity index (χ1n) is 4.32. The van der Waals surface area contributed by atoms with Crippen molar-refractivity contribution in [1.29, 1.82) is 0 Å². The topological polar surface area (TPSA) is 64.7 Å². The van der Waals surface area contributed by atoms with Gasteiger partial charge in [0.05, 0.1) is 6.42 Å². The van der Waals surface area contributed by atoms with E-state index in [-0.39, 0.29) is 0 Å². The number of aromatic nitrogens is 3. The average molecular weight is 186 g/mol. The maximum Gasteiger partial charge on any atom is 0.136 e. The molecular weight excluding hydrogens is 176 g/mol. The Morgan fingerprint density at radius 1 is 1.07 bits per heavy atom. The van der Waals surface area contributed by atoms with Crippen LogP contribution in [-0.4, -0.2) is 15.0 Å². The first-order chi connectivity index (χ1) is 6.84. The van der Waals surface area contributed by atoms with E-state index in [9.17, 15) is 0 Å². The zero-order valence-corrected chi connectivity index (χ0v) is 7.59. The van der Waals surface area contributed by atoms with Gasteiger partial charge >= 0.3 is 0 Å². The second kappa shape index (κ2) is 3.83. The van der Waals surface area contributed by atoms with Gasteiger partial charge in [0, 0.05) is 18.1 Å². The number of hydrogen-bond donors (Lipinski definition) is 1. The molecule has 0 fully saturated rings. The lowest BCUT2D eigenvalue weighted by Crippen LogP contribution is -2.00. The van der Waals surface area contributed by atoms with E-state index in [0.29, 0.717) is 18.1 Å². The highest BCUT2D eigenvalue weighted by atomic mass is 14.9. The Morgan fingerprint density at radius 3 is 2.71 bits per heavy atom. The lowest BCUT2D eigenvalue weighted by Gasteiger charge is -1.99. The zero-order chi connectivity index (χ0) is 9.80. The molecule has 0 radical (unpaired) electrons. The van der Waals surface area contributed by atoms with Gasteiger partial charge in [-0.25, -0.2) is 9.97 Å². The predicted octanol–water partition coefficient (Wildman–Crippen LogP) is 1.04. The van der Waals surface area contributed by atoms with Crippen molar-refractivity contribution in [2.45, 2.75) is 6.42 Å². The molecule has 0 aliphatic carbocycles. The summed E-state index contributed by atoms with van der Waals surface area (Å²) in [6, 6.07) is 7.42. The van der Waals surface area contributed by atoms with Gasteiger partial charge in [-0.1, -0.05) is 6.07 Å². The monoisotopic (exact) mass is 186 g/mol. The normalized spacial score (nSPS) is 10.0. The third-order valence-corrected chi connectivity index (χ3v) is 1.79. The third kappa shape index (κ3) is 2.04. The van der Waals surface area contributed by atoms with Crippen LogP contribution >= 0.6 is 0 Å².